The number of rotatable bonds is 8. The minimum atomic E-state index is -4.24. The number of hydrogen-bond acceptors (Lipinski definition) is 5. The zero-order valence-electron chi connectivity index (χ0n) is 20.0. The summed E-state index contributed by atoms with van der Waals surface area (Å²) in [4.78, 5) is 27.7. The largest absolute Gasteiger partial charge is 0.390 e. The molecule has 0 bridgehead atoms. The van der Waals surface area contributed by atoms with Gasteiger partial charge in [0, 0.05) is 49.4 Å². The van der Waals surface area contributed by atoms with Crippen molar-refractivity contribution in [2.24, 2.45) is 5.73 Å². The number of hydrogen-bond donors (Lipinski definition) is 3. The zero-order valence-corrected chi connectivity index (χ0v) is 20.7. The Bertz CT molecular complexity index is 1150. The Balaban J connectivity index is 1.75. The van der Waals surface area contributed by atoms with Crippen LogP contribution in [0, 0.1) is 11.6 Å². The molecule has 0 saturated carbocycles. The number of halogens is 6. The van der Waals surface area contributed by atoms with Gasteiger partial charge in [0.05, 0.1) is 29.9 Å². The molecule has 2 aromatic rings. The Morgan fingerprint density at radius 1 is 1.14 bits per heavy atom. The van der Waals surface area contributed by atoms with Crippen molar-refractivity contribution >= 4 is 34.8 Å². The maximum absolute atomic E-state index is 14.7. The second kappa shape index (κ2) is 12.1. The van der Waals surface area contributed by atoms with Crippen LogP contribution in [-0.4, -0.2) is 61.7 Å². The molecule has 3 rings (SSSR count). The summed E-state index contributed by atoms with van der Waals surface area (Å²) in [6, 6.07) is 6.71. The number of carbonyl (C=O) groups is 2. The van der Waals surface area contributed by atoms with Gasteiger partial charge >= 0.3 is 6.18 Å². The molecular weight excluding hydrogens is 521 g/mol. The third-order valence-corrected chi connectivity index (χ3v) is 6.30. The summed E-state index contributed by atoms with van der Waals surface area (Å²) in [7, 11) is 0. The average Bonchev–Trinajstić information content (AvgIpc) is 2.84. The smallest absolute Gasteiger partial charge is 0.367 e. The molecule has 7 nitrogen and oxygen atoms in total. The lowest BCUT2D eigenvalue weighted by molar-refractivity contribution is -0.139. The molecular formula is C24H27ClF5N5O2. The van der Waals surface area contributed by atoms with E-state index in [2.05, 4.69) is 10.6 Å². The molecule has 2 amide bonds. The SMILES string of the molecule is C[C@H]1CN(c2cc(Cl)ccc2NC(=O)c2ccc(CNC(=O)CN)c(F)c2F)CCN1CCC(F)(F)F. The summed E-state index contributed by atoms with van der Waals surface area (Å²) in [5.41, 5.74) is 5.26. The number of benzene rings is 2. The van der Waals surface area contributed by atoms with Crippen LogP contribution >= 0.6 is 11.6 Å². The summed E-state index contributed by atoms with van der Waals surface area (Å²) in [5, 5.41) is 5.26. The van der Waals surface area contributed by atoms with E-state index in [-0.39, 0.29) is 36.9 Å². The topological polar surface area (TPSA) is 90.7 Å². The number of alkyl halides is 3. The van der Waals surface area contributed by atoms with Crippen molar-refractivity contribution in [3.8, 4) is 0 Å². The summed E-state index contributed by atoms with van der Waals surface area (Å²) in [6.07, 6.45) is -5.15. The van der Waals surface area contributed by atoms with E-state index in [9.17, 15) is 31.5 Å². The van der Waals surface area contributed by atoms with Crippen LogP contribution in [0.15, 0.2) is 30.3 Å². The van der Waals surface area contributed by atoms with Crippen LogP contribution in [0.5, 0.6) is 0 Å². The molecule has 13 heteroatoms. The fraction of sp³-hybridized carbons (Fsp3) is 0.417. The Morgan fingerprint density at radius 3 is 2.51 bits per heavy atom. The van der Waals surface area contributed by atoms with Gasteiger partial charge in [0.15, 0.2) is 11.6 Å². The number of piperazine rings is 1. The molecule has 1 aliphatic heterocycles. The predicted molar refractivity (Wildman–Crippen MR) is 131 cm³/mol. The Kier molecular flexibility index (Phi) is 9.32. The van der Waals surface area contributed by atoms with Crippen LogP contribution in [0.1, 0.15) is 29.3 Å². The van der Waals surface area contributed by atoms with E-state index in [0.29, 0.717) is 30.3 Å². The summed E-state index contributed by atoms with van der Waals surface area (Å²) >= 11 is 6.16. The number of amides is 2. The Labute approximate surface area is 215 Å². The van der Waals surface area contributed by atoms with Crippen LogP contribution in [-0.2, 0) is 11.3 Å². The van der Waals surface area contributed by atoms with Gasteiger partial charge in [0.1, 0.15) is 0 Å². The Hall–Kier alpha value is -2.96. The zero-order chi connectivity index (χ0) is 27.3. The highest BCUT2D eigenvalue weighted by atomic mass is 35.5. The molecule has 0 unspecified atom stereocenters. The van der Waals surface area contributed by atoms with Gasteiger partial charge in [-0.15, -0.1) is 0 Å². The van der Waals surface area contributed by atoms with Gasteiger partial charge in [-0.25, -0.2) is 8.78 Å². The van der Waals surface area contributed by atoms with Gasteiger partial charge < -0.3 is 21.3 Å². The first-order valence-electron chi connectivity index (χ1n) is 11.5. The van der Waals surface area contributed by atoms with E-state index in [1.807, 2.05) is 4.90 Å². The van der Waals surface area contributed by atoms with Crippen molar-refractivity contribution in [2.75, 3.05) is 42.9 Å². The molecule has 0 aromatic heterocycles. The molecule has 4 N–H and O–H groups in total. The number of nitrogens with zero attached hydrogens (tertiary/aromatic N) is 2. The van der Waals surface area contributed by atoms with Gasteiger partial charge in [-0.2, -0.15) is 13.2 Å². The van der Waals surface area contributed by atoms with Gasteiger partial charge in [0.25, 0.3) is 5.91 Å². The van der Waals surface area contributed by atoms with E-state index >= 15 is 0 Å². The van der Waals surface area contributed by atoms with Crippen LogP contribution in [0.4, 0.5) is 33.3 Å². The maximum Gasteiger partial charge on any atom is 0.390 e. The van der Waals surface area contributed by atoms with Crippen LogP contribution in [0.2, 0.25) is 5.02 Å². The van der Waals surface area contributed by atoms with Crippen LogP contribution < -0.4 is 21.3 Å². The van der Waals surface area contributed by atoms with E-state index < -0.39 is 41.6 Å². The average molecular weight is 548 g/mol. The molecule has 1 atom stereocenters. The molecule has 1 saturated heterocycles. The molecule has 0 aliphatic carbocycles. The maximum atomic E-state index is 14.7. The molecule has 0 spiro atoms. The molecule has 0 radical (unpaired) electrons. The van der Waals surface area contributed by atoms with E-state index in [4.69, 9.17) is 17.3 Å². The standard InChI is InChI=1S/C24H27ClF5N5O2/c1-14-13-35(9-8-34(14)7-6-24(28,29)30)19-10-16(25)3-5-18(19)33-23(37)17-4-2-15(21(26)22(17)27)12-32-20(36)11-31/h2-5,10,14H,6-9,11-13,31H2,1H3,(H,32,36)(H,33,37)/t14-/m0/s1. The van der Waals surface area contributed by atoms with Gasteiger partial charge in [-0.3, -0.25) is 14.5 Å². The first-order chi connectivity index (χ1) is 17.4. The van der Waals surface area contributed by atoms with Gasteiger partial charge in [-0.05, 0) is 31.2 Å². The van der Waals surface area contributed by atoms with Gasteiger partial charge in [0.2, 0.25) is 5.91 Å². The lowest BCUT2D eigenvalue weighted by Crippen LogP contribution is -2.52. The van der Waals surface area contributed by atoms with E-state index in [1.54, 1.807) is 17.9 Å². The Morgan fingerprint density at radius 2 is 1.86 bits per heavy atom. The monoisotopic (exact) mass is 547 g/mol. The van der Waals surface area contributed by atoms with Crippen molar-refractivity contribution in [1.82, 2.24) is 10.2 Å². The van der Waals surface area contributed by atoms with Crippen molar-refractivity contribution < 1.29 is 31.5 Å². The highest BCUT2D eigenvalue weighted by molar-refractivity contribution is 6.31. The molecule has 1 heterocycles. The molecule has 37 heavy (non-hydrogen) atoms. The first-order valence-corrected chi connectivity index (χ1v) is 11.9. The normalized spacial score (nSPS) is 16.5. The van der Waals surface area contributed by atoms with E-state index in [0.717, 1.165) is 6.07 Å². The number of nitrogens with two attached hydrogens (primary N) is 1. The van der Waals surface area contributed by atoms with Crippen molar-refractivity contribution in [1.29, 1.82) is 0 Å². The molecule has 1 aliphatic rings. The second-order valence-corrected chi connectivity index (χ2v) is 9.13. The fourth-order valence-corrected chi connectivity index (χ4v) is 4.21. The second-order valence-electron chi connectivity index (χ2n) is 8.69. The van der Waals surface area contributed by atoms with Crippen LogP contribution in [0.3, 0.4) is 0 Å². The highest BCUT2D eigenvalue weighted by Gasteiger charge is 2.31. The minimum Gasteiger partial charge on any atom is -0.367 e. The number of anilines is 2. The third-order valence-electron chi connectivity index (χ3n) is 6.06. The summed E-state index contributed by atoms with van der Waals surface area (Å²) in [6.45, 7) is 2.18. The van der Waals surface area contributed by atoms with Crippen molar-refractivity contribution in [3.63, 3.8) is 0 Å². The van der Waals surface area contributed by atoms with Crippen LogP contribution in [0.25, 0.3) is 0 Å². The summed E-state index contributed by atoms with van der Waals surface area (Å²) in [5.74, 6) is -4.11. The lowest BCUT2D eigenvalue weighted by Gasteiger charge is -2.41. The molecule has 202 valence electrons. The molecule has 1 fully saturated rings. The lowest BCUT2D eigenvalue weighted by atomic mass is 10.1. The van der Waals surface area contributed by atoms with Gasteiger partial charge in [-0.1, -0.05) is 17.7 Å². The fourth-order valence-electron chi connectivity index (χ4n) is 4.05. The predicted octanol–water partition coefficient (Wildman–Crippen LogP) is 3.91. The highest BCUT2D eigenvalue weighted by Crippen LogP contribution is 2.32. The number of nitrogens with one attached hydrogen (secondary N) is 2. The molecule has 2 aromatic carbocycles. The quantitative estimate of drug-likeness (QED) is 0.436. The van der Waals surface area contributed by atoms with Crippen molar-refractivity contribution in [2.45, 2.75) is 32.1 Å². The third kappa shape index (κ3) is 7.53. The first kappa shape index (κ1) is 28.6. The summed E-state index contributed by atoms with van der Waals surface area (Å²) < 4.78 is 67.1. The number of carbonyl (C=O) groups excluding carboxylic acids is 2. The van der Waals surface area contributed by atoms with E-state index in [1.165, 1.54) is 18.2 Å². The minimum absolute atomic E-state index is 0.117. The van der Waals surface area contributed by atoms with Crippen molar-refractivity contribution in [3.05, 3.63) is 58.1 Å².